The molecule has 17 heavy (non-hydrogen) atoms. The number of nitrogen functional groups attached to an aromatic ring is 1. The van der Waals surface area contributed by atoms with Crippen LogP contribution in [-0.4, -0.2) is 18.3 Å². The molecule has 0 aliphatic rings. The molecule has 0 spiro atoms. The van der Waals surface area contributed by atoms with Gasteiger partial charge < -0.3 is 5.73 Å². The standard InChI is InChI=1S/C6H4ClF2N3O4S/c7-17(15,16)5-2(12(13)14)1-3(10)11-4(5)6(8)9/h1,6H,(H2,10,11). The van der Waals surface area contributed by atoms with Crippen molar-refractivity contribution in [1.29, 1.82) is 0 Å². The molecular formula is C6H4ClF2N3O4S. The number of alkyl halides is 2. The minimum atomic E-state index is -4.74. The molecule has 0 radical (unpaired) electrons. The minimum absolute atomic E-state index is 0.543. The van der Waals surface area contributed by atoms with Crippen LogP contribution in [0.4, 0.5) is 20.3 Å². The number of pyridine rings is 1. The lowest BCUT2D eigenvalue weighted by Gasteiger charge is -2.06. The van der Waals surface area contributed by atoms with Crippen molar-refractivity contribution in [2.45, 2.75) is 11.3 Å². The summed E-state index contributed by atoms with van der Waals surface area (Å²) in [7, 11) is 0.125. The molecule has 1 aromatic heterocycles. The maximum atomic E-state index is 12.5. The van der Waals surface area contributed by atoms with Crippen molar-refractivity contribution in [2.24, 2.45) is 0 Å². The van der Waals surface area contributed by atoms with Crippen molar-refractivity contribution in [1.82, 2.24) is 4.98 Å². The van der Waals surface area contributed by atoms with Crippen LogP contribution in [-0.2, 0) is 9.05 Å². The largest absolute Gasteiger partial charge is 0.383 e. The predicted octanol–water partition coefficient (Wildman–Crippen LogP) is 1.44. The van der Waals surface area contributed by atoms with Crippen molar-refractivity contribution < 1.29 is 22.1 Å². The van der Waals surface area contributed by atoms with E-state index in [1.165, 1.54) is 0 Å². The lowest BCUT2D eigenvalue weighted by atomic mass is 10.3. The number of aromatic nitrogens is 1. The van der Waals surface area contributed by atoms with Gasteiger partial charge in [-0.2, -0.15) is 0 Å². The summed E-state index contributed by atoms with van der Waals surface area (Å²) in [6, 6.07) is 0.543. The molecule has 0 saturated carbocycles. The molecule has 0 bridgehead atoms. The summed E-state index contributed by atoms with van der Waals surface area (Å²) in [6.45, 7) is 0. The predicted molar refractivity (Wildman–Crippen MR) is 53.3 cm³/mol. The van der Waals surface area contributed by atoms with Crippen LogP contribution >= 0.6 is 10.7 Å². The Kier molecular flexibility index (Phi) is 3.48. The lowest BCUT2D eigenvalue weighted by molar-refractivity contribution is -0.388. The van der Waals surface area contributed by atoms with E-state index in [1.807, 2.05) is 0 Å². The van der Waals surface area contributed by atoms with Crippen molar-refractivity contribution >= 4 is 31.2 Å². The highest BCUT2D eigenvalue weighted by molar-refractivity contribution is 8.13. The zero-order valence-electron chi connectivity index (χ0n) is 7.80. The molecule has 0 saturated heterocycles. The van der Waals surface area contributed by atoms with E-state index in [0.717, 1.165) is 0 Å². The Morgan fingerprint density at radius 1 is 1.53 bits per heavy atom. The number of hydrogen-bond donors (Lipinski definition) is 1. The Balaban J connectivity index is 3.79. The number of nitro groups is 1. The Hall–Kier alpha value is -1.55. The van der Waals surface area contributed by atoms with Crippen LogP contribution in [0.5, 0.6) is 0 Å². The van der Waals surface area contributed by atoms with Gasteiger partial charge in [-0.05, 0) is 0 Å². The highest BCUT2D eigenvalue weighted by Gasteiger charge is 2.33. The van der Waals surface area contributed by atoms with Crippen molar-refractivity contribution in [3.63, 3.8) is 0 Å². The Morgan fingerprint density at radius 3 is 2.41 bits per heavy atom. The second kappa shape index (κ2) is 4.37. The Morgan fingerprint density at radius 2 is 2.06 bits per heavy atom. The summed E-state index contributed by atoms with van der Waals surface area (Å²) in [4.78, 5) is 11.1. The quantitative estimate of drug-likeness (QED) is 0.511. The second-order valence-electron chi connectivity index (χ2n) is 2.78. The van der Waals surface area contributed by atoms with Gasteiger partial charge in [-0.25, -0.2) is 22.2 Å². The van der Waals surface area contributed by atoms with Crippen LogP contribution in [0.25, 0.3) is 0 Å². The zero-order valence-corrected chi connectivity index (χ0v) is 9.37. The van der Waals surface area contributed by atoms with Crippen molar-refractivity contribution in [3.05, 3.63) is 21.9 Å². The molecule has 1 rings (SSSR count). The molecule has 0 unspecified atom stereocenters. The third-order valence-corrected chi connectivity index (χ3v) is 3.02. The van der Waals surface area contributed by atoms with Crippen LogP contribution in [0.15, 0.2) is 11.0 Å². The van der Waals surface area contributed by atoms with E-state index >= 15 is 0 Å². The number of nitrogens with two attached hydrogens (primary N) is 1. The van der Waals surface area contributed by atoms with Gasteiger partial charge in [0.2, 0.25) is 0 Å². The van der Waals surface area contributed by atoms with Gasteiger partial charge in [-0.1, -0.05) is 0 Å². The summed E-state index contributed by atoms with van der Waals surface area (Å²) < 4.78 is 47.1. The zero-order chi connectivity index (χ0) is 13.4. The third kappa shape index (κ3) is 2.77. The molecule has 0 fully saturated rings. The number of nitrogens with zero attached hydrogens (tertiary/aromatic N) is 2. The van der Waals surface area contributed by atoms with E-state index in [2.05, 4.69) is 4.98 Å². The van der Waals surface area contributed by atoms with E-state index in [9.17, 15) is 27.3 Å². The SMILES string of the molecule is Nc1cc([N+](=O)[O-])c(S(=O)(=O)Cl)c(C(F)F)n1. The number of rotatable bonds is 3. The van der Waals surface area contributed by atoms with Gasteiger partial charge in [0.25, 0.3) is 21.2 Å². The second-order valence-corrected chi connectivity index (χ2v) is 5.28. The van der Waals surface area contributed by atoms with Crippen LogP contribution in [0.2, 0.25) is 0 Å². The van der Waals surface area contributed by atoms with Gasteiger partial charge in [-0.3, -0.25) is 10.1 Å². The molecule has 0 aliphatic heterocycles. The number of halogens is 3. The summed E-state index contributed by atoms with van der Waals surface area (Å²) in [5.74, 6) is -0.601. The van der Waals surface area contributed by atoms with E-state index in [1.54, 1.807) is 0 Å². The van der Waals surface area contributed by atoms with E-state index in [4.69, 9.17) is 16.4 Å². The fourth-order valence-electron chi connectivity index (χ4n) is 1.09. The normalized spacial score (nSPS) is 11.8. The molecule has 2 N–H and O–H groups in total. The molecule has 0 aliphatic carbocycles. The molecular weight excluding hydrogens is 284 g/mol. The summed E-state index contributed by atoms with van der Waals surface area (Å²) in [5, 5.41) is 10.5. The Labute approximate surface area is 97.8 Å². The average Bonchev–Trinajstić information content (AvgIpc) is 2.14. The first-order valence-corrected chi connectivity index (χ1v) is 6.13. The van der Waals surface area contributed by atoms with Gasteiger partial charge in [0, 0.05) is 10.7 Å². The molecule has 1 heterocycles. The van der Waals surface area contributed by atoms with E-state index < -0.39 is 42.5 Å². The summed E-state index contributed by atoms with van der Waals surface area (Å²) in [5.41, 5.74) is 2.58. The monoisotopic (exact) mass is 287 g/mol. The molecule has 0 amide bonds. The molecule has 7 nitrogen and oxygen atoms in total. The first kappa shape index (κ1) is 13.5. The number of anilines is 1. The molecule has 0 atom stereocenters. The number of hydrogen-bond acceptors (Lipinski definition) is 6. The summed E-state index contributed by atoms with van der Waals surface area (Å²) in [6.07, 6.45) is -3.36. The van der Waals surface area contributed by atoms with Gasteiger partial charge in [0.15, 0.2) is 4.90 Å². The van der Waals surface area contributed by atoms with E-state index in [-0.39, 0.29) is 0 Å². The first-order chi connectivity index (χ1) is 7.64. The molecule has 0 aromatic carbocycles. The fourth-order valence-corrected chi connectivity index (χ4v) is 2.33. The Bertz CT molecular complexity index is 577. The summed E-state index contributed by atoms with van der Waals surface area (Å²) >= 11 is 0. The molecule has 94 valence electrons. The van der Waals surface area contributed by atoms with E-state index in [0.29, 0.717) is 6.07 Å². The van der Waals surface area contributed by atoms with Crippen LogP contribution in [0.1, 0.15) is 12.1 Å². The topological polar surface area (TPSA) is 116 Å². The van der Waals surface area contributed by atoms with Gasteiger partial charge in [0.1, 0.15) is 11.5 Å². The first-order valence-electron chi connectivity index (χ1n) is 3.82. The van der Waals surface area contributed by atoms with Crippen molar-refractivity contribution in [2.75, 3.05) is 5.73 Å². The van der Waals surface area contributed by atoms with Crippen LogP contribution in [0.3, 0.4) is 0 Å². The highest BCUT2D eigenvalue weighted by Crippen LogP contribution is 2.35. The van der Waals surface area contributed by atoms with Crippen LogP contribution < -0.4 is 5.73 Å². The minimum Gasteiger partial charge on any atom is -0.383 e. The maximum Gasteiger partial charge on any atom is 0.295 e. The fraction of sp³-hybridized carbons (Fsp3) is 0.167. The van der Waals surface area contributed by atoms with Crippen molar-refractivity contribution in [3.8, 4) is 0 Å². The highest BCUT2D eigenvalue weighted by atomic mass is 35.7. The van der Waals surface area contributed by atoms with Gasteiger partial charge >= 0.3 is 0 Å². The smallest absolute Gasteiger partial charge is 0.295 e. The maximum absolute atomic E-state index is 12.5. The van der Waals surface area contributed by atoms with Gasteiger partial charge in [-0.15, -0.1) is 0 Å². The van der Waals surface area contributed by atoms with Crippen LogP contribution in [0, 0.1) is 10.1 Å². The lowest BCUT2D eigenvalue weighted by Crippen LogP contribution is -2.08. The molecule has 1 aromatic rings. The molecule has 11 heteroatoms. The third-order valence-electron chi connectivity index (χ3n) is 1.65. The average molecular weight is 288 g/mol. The van der Waals surface area contributed by atoms with Gasteiger partial charge in [0.05, 0.1) is 11.0 Å².